The largest absolute Gasteiger partial charge is 0.247 e. The third kappa shape index (κ3) is 3.63. The van der Waals surface area contributed by atoms with Gasteiger partial charge in [0, 0.05) is 6.54 Å². The fraction of sp³-hybridized carbons (Fsp3) is 0.235. The highest BCUT2D eigenvalue weighted by Crippen LogP contribution is 2.24. The lowest BCUT2D eigenvalue weighted by atomic mass is 10.1. The summed E-state index contributed by atoms with van der Waals surface area (Å²) in [4.78, 5) is 4.26. The Morgan fingerprint density at radius 1 is 1.32 bits per heavy atom. The number of rotatable bonds is 4. The van der Waals surface area contributed by atoms with Crippen LogP contribution in [0.4, 0.5) is 5.82 Å². The average molecular weight is 313 g/mol. The summed E-state index contributed by atoms with van der Waals surface area (Å²) in [6.07, 6.45) is 1.75. The van der Waals surface area contributed by atoms with Crippen LogP contribution in [0.25, 0.3) is 0 Å². The first-order valence-corrected chi connectivity index (χ1v) is 7.38. The predicted octanol–water partition coefficient (Wildman–Crippen LogP) is 4.08. The van der Waals surface area contributed by atoms with Crippen molar-refractivity contribution >= 4 is 23.6 Å². The second-order valence-electron chi connectivity index (χ2n) is 4.94. The molecule has 0 radical (unpaired) electrons. The minimum Gasteiger partial charge on any atom is -0.247 e. The van der Waals surface area contributed by atoms with E-state index in [-0.39, 0.29) is 0 Å². The fourth-order valence-electron chi connectivity index (χ4n) is 2.02. The second kappa shape index (κ2) is 7.06. The van der Waals surface area contributed by atoms with Crippen LogP contribution in [0.2, 0.25) is 5.15 Å². The van der Waals surface area contributed by atoms with Gasteiger partial charge in [-0.05, 0) is 38.0 Å². The lowest BCUT2D eigenvalue weighted by molar-refractivity contribution is 0.869. The van der Waals surface area contributed by atoms with Crippen LogP contribution in [0.15, 0.2) is 35.4 Å². The van der Waals surface area contributed by atoms with Crippen molar-refractivity contribution in [3.8, 4) is 6.07 Å². The third-order valence-corrected chi connectivity index (χ3v) is 3.44. The molecule has 0 saturated heterocycles. The molecule has 22 heavy (non-hydrogen) atoms. The molecule has 1 aromatic heterocycles. The number of hydrogen-bond acceptors (Lipinski definition) is 4. The molecule has 0 aliphatic rings. The number of aryl methyl sites for hydroxylation is 2. The Labute approximate surface area is 135 Å². The lowest BCUT2D eigenvalue weighted by Gasteiger charge is -2.18. The van der Waals surface area contributed by atoms with Gasteiger partial charge in [0.15, 0.2) is 5.82 Å². The van der Waals surface area contributed by atoms with E-state index in [1.165, 1.54) is 5.56 Å². The van der Waals surface area contributed by atoms with Gasteiger partial charge in [0.2, 0.25) is 0 Å². The van der Waals surface area contributed by atoms with Crippen molar-refractivity contribution in [1.82, 2.24) is 4.98 Å². The lowest BCUT2D eigenvalue weighted by Crippen LogP contribution is -2.19. The van der Waals surface area contributed by atoms with Gasteiger partial charge in [0.1, 0.15) is 11.2 Å². The molecule has 0 aliphatic heterocycles. The molecule has 0 N–H and O–H groups in total. The minimum atomic E-state index is 0.357. The number of aromatic nitrogens is 1. The maximum atomic E-state index is 9.34. The topological polar surface area (TPSA) is 52.3 Å². The maximum absolute atomic E-state index is 9.34. The van der Waals surface area contributed by atoms with Crippen LogP contribution in [0.3, 0.4) is 0 Å². The molecule has 112 valence electrons. The van der Waals surface area contributed by atoms with Gasteiger partial charge >= 0.3 is 0 Å². The number of hydrazone groups is 1. The number of hydrogen-bond donors (Lipinski definition) is 0. The standard InChI is InChI=1S/C17H17ClN4/c1-4-22(20-11-14-7-5-12(2)6-8-14)17-15(10-19)13(3)9-16(18)21-17/h5-9,11H,4H2,1-3H3/b20-11+. The molecule has 0 spiro atoms. The van der Waals surface area contributed by atoms with E-state index in [4.69, 9.17) is 11.6 Å². The number of halogens is 1. The SMILES string of the molecule is CCN(/N=C/c1ccc(C)cc1)c1nc(Cl)cc(C)c1C#N. The van der Waals surface area contributed by atoms with E-state index < -0.39 is 0 Å². The first-order valence-electron chi connectivity index (χ1n) is 7.00. The molecule has 1 heterocycles. The van der Waals surface area contributed by atoms with Crippen LogP contribution in [0, 0.1) is 25.2 Å². The van der Waals surface area contributed by atoms with Crippen LogP contribution in [-0.2, 0) is 0 Å². The molecule has 0 bridgehead atoms. The van der Waals surface area contributed by atoms with E-state index in [9.17, 15) is 5.26 Å². The van der Waals surface area contributed by atoms with Gasteiger partial charge in [-0.1, -0.05) is 41.4 Å². The quantitative estimate of drug-likeness (QED) is 0.485. The molecule has 0 fully saturated rings. The molecule has 0 amide bonds. The molecular formula is C17H17ClN4. The zero-order valence-electron chi connectivity index (χ0n) is 12.8. The molecule has 0 saturated carbocycles. The number of pyridine rings is 1. The Morgan fingerprint density at radius 2 is 2.00 bits per heavy atom. The van der Waals surface area contributed by atoms with Gasteiger partial charge < -0.3 is 0 Å². The van der Waals surface area contributed by atoms with Gasteiger partial charge in [0.25, 0.3) is 0 Å². The zero-order valence-corrected chi connectivity index (χ0v) is 13.6. The number of benzene rings is 1. The van der Waals surface area contributed by atoms with Crippen molar-refractivity contribution < 1.29 is 0 Å². The van der Waals surface area contributed by atoms with E-state index in [1.54, 1.807) is 17.3 Å². The maximum Gasteiger partial charge on any atom is 0.168 e. The van der Waals surface area contributed by atoms with E-state index in [1.807, 2.05) is 45.0 Å². The summed E-state index contributed by atoms with van der Waals surface area (Å²) in [5.41, 5.74) is 3.47. The smallest absolute Gasteiger partial charge is 0.168 e. The first kappa shape index (κ1) is 16.0. The van der Waals surface area contributed by atoms with E-state index in [0.29, 0.717) is 23.1 Å². The van der Waals surface area contributed by atoms with Crippen molar-refractivity contribution in [2.75, 3.05) is 11.6 Å². The summed E-state index contributed by atoms with van der Waals surface area (Å²) in [5, 5.41) is 15.8. The average Bonchev–Trinajstić information content (AvgIpc) is 2.49. The third-order valence-electron chi connectivity index (χ3n) is 3.25. The predicted molar refractivity (Wildman–Crippen MR) is 90.5 cm³/mol. The van der Waals surface area contributed by atoms with Crippen molar-refractivity contribution in [2.24, 2.45) is 5.10 Å². The van der Waals surface area contributed by atoms with Crippen LogP contribution < -0.4 is 5.01 Å². The Balaban J connectivity index is 2.37. The molecule has 2 aromatic rings. The Kier molecular flexibility index (Phi) is 5.13. The highest BCUT2D eigenvalue weighted by molar-refractivity contribution is 6.29. The van der Waals surface area contributed by atoms with Gasteiger partial charge in [-0.15, -0.1) is 0 Å². The van der Waals surface area contributed by atoms with Crippen LogP contribution in [-0.4, -0.2) is 17.7 Å². The fourth-order valence-corrected chi connectivity index (χ4v) is 2.26. The van der Waals surface area contributed by atoms with Crippen LogP contribution >= 0.6 is 11.6 Å². The summed E-state index contributed by atoms with van der Waals surface area (Å²) in [6.45, 7) is 6.42. The van der Waals surface area contributed by atoms with Crippen LogP contribution in [0.1, 0.15) is 29.2 Å². The normalized spacial score (nSPS) is 10.7. The van der Waals surface area contributed by atoms with Gasteiger partial charge in [-0.3, -0.25) is 0 Å². The summed E-state index contributed by atoms with van der Waals surface area (Å²) < 4.78 is 0. The number of nitrogens with zero attached hydrogens (tertiary/aromatic N) is 4. The summed E-state index contributed by atoms with van der Waals surface area (Å²) >= 11 is 6.02. The Hall–Kier alpha value is -2.38. The highest BCUT2D eigenvalue weighted by Gasteiger charge is 2.14. The van der Waals surface area contributed by atoms with E-state index in [2.05, 4.69) is 16.2 Å². The molecule has 1 aromatic carbocycles. The van der Waals surface area contributed by atoms with Crippen molar-refractivity contribution in [2.45, 2.75) is 20.8 Å². The molecule has 0 atom stereocenters. The van der Waals surface area contributed by atoms with Crippen LogP contribution in [0.5, 0.6) is 0 Å². The van der Waals surface area contributed by atoms with E-state index >= 15 is 0 Å². The number of nitriles is 1. The zero-order chi connectivity index (χ0) is 16.1. The highest BCUT2D eigenvalue weighted by atomic mass is 35.5. The summed E-state index contributed by atoms with van der Waals surface area (Å²) in [7, 11) is 0. The molecular weight excluding hydrogens is 296 g/mol. The molecule has 0 aliphatic carbocycles. The summed E-state index contributed by atoms with van der Waals surface area (Å²) in [6, 6.07) is 11.9. The Morgan fingerprint density at radius 3 is 2.59 bits per heavy atom. The number of anilines is 1. The molecule has 5 heteroatoms. The monoisotopic (exact) mass is 312 g/mol. The van der Waals surface area contributed by atoms with Gasteiger partial charge in [-0.25, -0.2) is 9.99 Å². The summed E-state index contributed by atoms with van der Waals surface area (Å²) in [5.74, 6) is 0.485. The van der Waals surface area contributed by atoms with E-state index in [0.717, 1.165) is 11.1 Å². The Bertz CT molecular complexity index is 730. The van der Waals surface area contributed by atoms with Crippen molar-refractivity contribution in [3.63, 3.8) is 0 Å². The second-order valence-corrected chi connectivity index (χ2v) is 5.33. The van der Waals surface area contributed by atoms with Crippen molar-refractivity contribution in [1.29, 1.82) is 5.26 Å². The van der Waals surface area contributed by atoms with Gasteiger partial charge in [-0.2, -0.15) is 10.4 Å². The minimum absolute atomic E-state index is 0.357. The molecule has 2 rings (SSSR count). The molecule has 4 nitrogen and oxygen atoms in total. The molecule has 0 unspecified atom stereocenters. The van der Waals surface area contributed by atoms with Gasteiger partial charge in [0.05, 0.1) is 11.8 Å². The first-order chi connectivity index (χ1) is 10.5. The van der Waals surface area contributed by atoms with Crippen molar-refractivity contribution in [3.05, 3.63) is 57.7 Å².